The van der Waals surface area contributed by atoms with E-state index >= 15 is 0 Å². The summed E-state index contributed by atoms with van der Waals surface area (Å²) in [7, 11) is 0. The van der Waals surface area contributed by atoms with Crippen molar-refractivity contribution in [2.24, 2.45) is 5.41 Å². The van der Waals surface area contributed by atoms with E-state index in [0.717, 1.165) is 18.6 Å². The van der Waals surface area contributed by atoms with E-state index in [9.17, 15) is 23.5 Å². The summed E-state index contributed by atoms with van der Waals surface area (Å²) in [5.41, 5.74) is -1.77. The number of aliphatic carboxylic acids is 1. The van der Waals surface area contributed by atoms with Crippen molar-refractivity contribution in [2.45, 2.75) is 58.0 Å². The van der Waals surface area contributed by atoms with Gasteiger partial charge in [0.25, 0.3) is 0 Å². The van der Waals surface area contributed by atoms with Crippen molar-refractivity contribution in [3.8, 4) is 0 Å². The van der Waals surface area contributed by atoms with E-state index in [1.54, 1.807) is 6.92 Å². The van der Waals surface area contributed by atoms with Crippen LogP contribution in [0.4, 0.5) is 8.78 Å². The first-order valence-electron chi connectivity index (χ1n) is 8.12. The molecule has 1 N–H and O–H groups in total. The third kappa shape index (κ3) is 3.91. The van der Waals surface area contributed by atoms with E-state index in [1.807, 2.05) is 6.92 Å². The number of carbonyl (C=O) groups excluding carboxylic acids is 1. The van der Waals surface area contributed by atoms with Crippen LogP contribution in [0.3, 0.4) is 0 Å². The van der Waals surface area contributed by atoms with Crippen LogP contribution in [0.25, 0.3) is 0 Å². The molecule has 0 aromatic heterocycles. The van der Waals surface area contributed by atoms with Crippen LogP contribution in [-0.4, -0.2) is 22.6 Å². The second kappa shape index (κ2) is 6.87. The summed E-state index contributed by atoms with van der Waals surface area (Å²) in [6.45, 7) is 3.64. The van der Waals surface area contributed by atoms with Crippen molar-refractivity contribution in [1.82, 2.24) is 0 Å². The molecular formula is C18H22F2O4. The van der Waals surface area contributed by atoms with E-state index in [4.69, 9.17) is 4.74 Å². The molecule has 1 aliphatic rings. The Kier molecular flexibility index (Phi) is 5.26. The van der Waals surface area contributed by atoms with Gasteiger partial charge in [0.05, 0.1) is 11.0 Å². The van der Waals surface area contributed by atoms with Gasteiger partial charge in [0, 0.05) is 6.07 Å². The Bertz CT molecular complexity index is 614. The summed E-state index contributed by atoms with van der Waals surface area (Å²) in [5, 5.41) is 9.33. The van der Waals surface area contributed by atoms with Crippen LogP contribution in [0.2, 0.25) is 0 Å². The molecule has 24 heavy (non-hydrogen) atoms. The number of ether oxygens (including phenoxy) is 1. The molecule has 2 rings (SSSR count). The highest BCUT2D eigenvalue weighted by atomic mass is 19.1. The fraction of sp³-hybridized carbons (Fsp3) is 0.556. The second-order valence-electron chi connectivity index (χ2n) is 6.85. The van der Waals surface area contributed by atoms with Gasteiger partial charge in [-0.25, -0.2) is 13.6 Å². The Hall–Kier alpha value is -1.98. The largest absolute Gasteiger partial charge is 0.481 e. The van der Waals surface area contributed by atoms with Crippen LogP contribution in [0.1, 0.15) is 62.7 Å². The molecule has 1 aromatic carbocycles. The zero-order chi connectivity index (χ0) is 18.0. The second-order valence-corrected chi connectivity index (χ2v) is 6.85. The molecule has 0 heterocycles. The summed E-state index contributed by atoms with van der Waals surface area (Å²) in [6.07, 6.45) is 2.99. The zero-order valence-electron chi connectivity index (χ0n) is 13.9. The van der Waals surface area contributed by atoms with Gasteiger partial charge >= 0.3 is 11.9 Å². The molecule has 0 unspecified atom stereocenters. The number of carboxylic acids is 1. The number of esters is 1. The summed E-state index contributed by atoms with van der Waals surface area (Å²) < 4.78 is 32.2. The van der Waals surface area contributed by atoms with Crippen molar-refractivity contribution in [3.63, 3.8) is 0 Å². The van der Waals surface area contributed by atoms with Crippen molar-refractivity contribution in [1.29, 1.82) is 0 Å². The molecular weight excluding hydrogens is 318 g/mol. The van der Waals surface area contributed by atoms with Crippen LogP contribution in [0.15, 0.2) is 18.2 Å². The van der Waals surface area contributed by atoms with Gasteiger partial charge in [-0.15, -0.1) is 0 Å². The van der Waals surface area contributed by atoms with Gasteiger partial charge in [0.1, 0.15) is 17.2 Å². The molecule has 0 atom stereocenters. The van der Waals surface area contributed by atoms with Gasteiger partial charge in [-0.2, -0.15) is 0 Å². The van der Waals surface area contributed by atoms with Crippen molar-refractivity contribution < 1.29 is 28.2 Å². The lowest BCUT2D eigenvalue weighted by molar-refractivity contribution is -0.153. The van der Waals surface area contributed by atoms with Crippen molar-refractivity contribution in [2.75, 3.05) is 0 Å². The third-order valence-electron chi connectivity index (χ3n) is 4.89. The molecule has 0 radical (unpaired) electrons. The van der Waals surface area contributed by atoms with E-state index in [1.165, 1.54) is 0 Å². The smallest absolute Gasteiger partial charge is 0.338 e. The molecule has 0 spiro atoms. The Morgan fingerprint density at radius 1 is 1.12 bits per heavy atom. The van der Waals surface area contributed by atoms with Gasteiger partial charge < -0.3 is 9.84 Å². The molecule has 0 bridgehead atoms. The minimum Gasteiger partial charge on any atom is -0.481 e. The number of hydrogen-bond acceptors (Lipinski definition) is 3. The summed E-state index contributed by atoms with van der Waals surface area (Å²) >= 11 is 0. The zero-order valence-corrected chi connectivity index (χ0v) is 13.9. The monoisotopic (exact) mass is 340 g/mol. The average molecular weight is 340 g/mol. The summed E-state index contributed by atoms with van der Waals surface area (Å²) in [5.74, 6) is -3.31. The SMILES string of the molecule is CCCC1(OC(=O)c2cc(F)cc(F)c2)CCC(C)(C(=O)O)CC1. The highest BCUT2D eigenvalue weighted by Gasteiger charge is 2.46. The molecule has 1 fully saturated rings. The highest BCUT2D eigenvalue weighted by Crippen LogP contribution is 2.45. The molecule has 6 heteroatoms. The standard InChI is InChI=1S/C18H22F2O4/c1-3-4-18(7-5-17(2,6-8-18)16(22)23)24-15(21)12-9-13(19)11-14(20)10-12/h9-11H,3-8H2,1-2H3,(H,22,23). The van der Waals surface area contributed by atoms with E-state index in [2.05, 4.69) is 0 Å². The molecule has 0 saturated heterocycles. The van der Waals surface area contributed by atoms with Crippen LogP contribution in [-0.2, 0) is 9.53 Å². The first-order valence-corrected chi connectivity index (χ1v) is 8.12. The first kappa shape index (κ1) is 18.4. The molecule has 0 aliphatic heterocycles. The first-order chi connectivity index (χ1) is 11.2. The molecule has 1 aromatic rings. The highest BCUT2D eigenvalue weighted by molar-refractivity contribution is 5.89. The maximum atomic E-state index is 13.3. The average Bonchev–Trinajstić information content (AvgIpc) is 2.49. The lowest BCUT2D eigenvalue weighted by Gasteiger charge is -2.42. The van der Waals surface area contributed by atoms with E-state index in [-0.39, 0.29) is 5.56 Å². The topological polar surface area (TPSA) is 63.6 Å². The van der Waals surface area contributed by atoms with E-state index < -0.39 is 34.6 Å². The van der Waals surface area contributed by atoms with Gasteiger partial charge in [-0.05, 0) is 51.2 Å². The molecule has 1 aliphatic carbocycles. The number of halogens is 2. The Morgan fingerprint density at radius 2 is 1.67 bits per heavy atom. The minimum atomic E-state index is -0.855. The number of rotatable bonds is 5. The van der Waals surface area contributed by atoms with Crippen LogP contribution in [0, 0.1) is 17.0 Å². The quantitative estimate of drug-likeness (QED) is 0.811. The maximum absolute atomic E-state index is 13.3. The van der Waals surface area contributed by atoms with Crippen LogP contribution >= 0.6 is 0 Å². The third-order valence-corrected chi connectivity index (χ3v) is 4.89. The fourth-order valence-corrected chi connectivity index (χ4v) is 3.26. The van der Waals surface area contributed by atoms with Crippen LogP contribution in [0.5, 0.6) is 0 Å². The maximum Gasteiger partial charge on any atom is 0.338 e. The number of carbonyl (C=O) groups is 2. The van der Waals surface area contributed by atoms with Crippen molar-refractivity contribution in [3.05, 3.63) is 35.4 Å². The Labute approximate surface area is 139 Å². The Balaban J connectivity index is 2.17. The normalized spacial score (nSPS) is 26.8. The van der Waals surface area contributed by atoms with Gasteiger partial charge in [0.15, 0.2) is 0 Å². The number of hydrogen-bond donors (Lipinski definition) is 1. The predicted molar refractivity (Wildman–Crippen MR) is 83.6 cm³/mol. The minimum absolute atomic E-state index is 0.172. The van der Waals surface area contributed by atoms with Gasteiger partial charge in [-0.1, -0.05) is 13.3 Å². The van der Waals surface area contributed by atoms with E-state index in [0.29, 0.717) is 38.2 Å². The van der Waals surface area contributed by atoms with Gasteiger partial charge in [-0.3, -0.25) is 4.79 Å². The number of carboxylic acid groups (broad SMARTS) is 1. The molecule has 0 amide bonds. The number of benzene rings is 1. The van der Waals surface area contributed by atoms with Gasteiger partial charge in [0.2, 0.25) is 0 Å². The Morgan fingerprint density at radius 3 is 2.12 bits per heavy atom. The van der Waals surface area contributed by atoms with Crippen molar-refractivity contribution >= 4 is 11.9 Å². The summed E-state index contributed by atoms with van der Waals surface area (Å²) in [4.78, 5) is 23.7. The molecule has 4 nitrogen and oxygen atoms in total. The lowest BCUT2D eigenvalue weighted by atomic mass is 9.68. The summed E-state index contributed by atoms with van der Waals surface area (Å²) in [6, 6.07) is 2.57. The molecule has 1 saturated carbocycles. The van der Waals surface area contributed by atoms with Crippen LogP contribution < -0.4 is 0 Å². The lowest BCUT2D eigenvalue weighted by Crippen LogP contribution is -2.44. The predicted octanol–water partition coefficient (Wildman–Crippen LogP) is 4.33. The molecule has 132 valence electrons. The fourth-order valence-electron chi connectivity index (χ4n) is 3.26.